The van der Waals surface area contributed by atoms with E-state index in [4.69, 9.17) is 0 Å². The fourth-order valence-electron chi connectivity index (χ4n) is 2.50. The van der Waals surface area contributed by atoms with Gasteiger partial charge >= 0.3 is 0 Å². The Balaban J connectivity index is 1.84. The predicted molar refractivity (Wildman–Crippen MR) is 81.1 cm³/mol. The number of hydrogen-bond donors (Lipinski definition) is 1. The van der Waals surface area contributed by atoms with Gasteiger partial charge in [0, 0.05) is 17.8 Å². The summed E-state index contributed by atoms with van der Waals surface area (Å²) in [4.78, 5) is 16.9. The maximum Gasteiger partial charge on any atom is 0.287 e. The van der Waals surface area contributed by atoms with Gasteiger partial charge in [-0.1, -0.05) is 6.07 Å². The highest BCUT2D eigenvalue weighted by molar-refractivity contribution is 5.94. The molecule has 0 spiro atoms. The van der Waals surface area contributed by atoms with Crippen molar-refractivity contribution in [3.05, 3.63) is 60.3 Å². The zero-order chi connectivity index (χ0) is 15.1. The van der Waals surface area contributed by atoms with Crippen molar-refractivity contribution in [2.75, 3.05) is 0 Å². The molecule has 110 valence electrons. The molecule has 0 bridgehead atoms. The Morgan fingerprint density at radius 2 is 1.95 bits per heavy atom. The molecule has 5 heteroatoms. The molecule has 4 nitrogen and oxygen atoms in total. The number of carbonyl (C=O) groups excluding carboxylic acids is 1. The van der Waals surface area contributed by atoms with Crippen LogP contribution in [0.4, 0.5) is 4.39 Å². The summed E-state index contributed by atoms with van der Waals surface area (Å²) in [7, 11) is 0. The molecular weight excluding hydrogens is 281 g/mol. The zero-order valence-corrected chi connectivity index (χ0v) is 11.8. The van der Waals surface area contributed by atoms with E-state index < -0.39 is 0 Å². The van der Waals surface area contributed by atoms with E-state index in [0.717, 1.165) is 23.9 Å². The highest BCUT2D eigenvalue weighted by atomic mass is 19.1. The van der Waals surface area contributed by atoms with E-state index in [2.05, 4.69) is 10.3 Å². The second kappa shape index (κ2) is 4.94. The van der Waals surface area contributed by atoms with Crippen LogP contribution in [0.3, 0.4) is 0 Å². The smallest absolute Gasteiger partial charge is 0.287 e. The van der Waals surface area contributed by atoms with Gasteiger partial charge in [-0.3, -0.25) is 9.20 Å². The Labute approximate surface area is 126 Å². The summed E-state index contributed by atoms with van der Waals surface area (Å²) in [5.74, 6) is -0.0992. The minimum absolute atomic E-state index is 0.169. The quantitative estimate of drug-likeness (QED) is 0.807. The maximum absolute atomic E-state index is 13.1. The number of fused-ring (bicyclic) bond motifs is 1. The highest BCUT2D eigenvalue weighted by Gasteiger charge is 2.26. The first kappa shape index (κ1) is 13.0. The highest BCUT2D eigenvalue weighted by Crippen LogP contribution is 2.26. The summed E-state index contributed by atoms with van der Waals surface area (Å²) in [6.07, 6.45) is 3.87. The van der Waals surface area contributed by atoms with Crippen LogP contribution in [0.5, 0.6) is 0 Å². The normalized spacial score (nSPS) is 14.2. The number of pyridine rings is 1. The topological polar surface area (TPSA) is 46.4 Å². The molecule has 0 radical (unpaired) electrons. The number of imidazole rings is 1. The maximum atomic E-state index is 13.1. The molecule has 1 aromatic carbocycles. The SMILES string of the molecule is O=C(NC1CC1)c1nc(-c2ccc(F)cc2)c2ccccn12. The number of nitrogens with zero attached hydrogens (tertiary/aromatic N) is 2. The number of hydrogen-bond acceptors (Lipinski definition) is 2. The molecule has 22 heavy (non-hydrogen) atoms. The van der Waals surface area contributed by atoms with Crippen molar-refractivity contribution in [1.29, 1.82) is 0 Å². The Bertz CT molecular complexity index is 850. The summed E-state index contributed by atoms with van der Waals surface area (Å²) in [6.45, 7) is 0. The van der Waals surface area contributed by atoms with E-state index in [1.54, 1.807) is 16.5 Å². The van der Waals surface area contributed by atoms with Gasteiger partial charge in [-0.25, -0.2) is 9.37 Å². The third-order valence-corrected chi connectivity index (χ3v) is 3.78. The number of carbonyl (C=O) groups is 1. The van der Waals surface area contributed by atoms with Gasteiger partial charge in [0.05, 0.1) is 11.2 Å². The fourth-order valence-corrected chi connectivity index (χ4v) is 2.50. The van der Waals surface area contributed by atoms with Crippen molar-refractivity contribution in [2.24, 2.45) is 0 Å². The van der Waals surface area contributed by atoms with E-state index >= 15 is 0 Å². The molecule has 0 aliphatic heterocycles. The van der Waals surface area contributed by atoms with Gasteiger partial charge < -0.3 is 5.32 Å². The molecule has 1 fully saturated rings. The molecule has 1 aliphatic rings. The van der Waals surface area contributed by atoms with Crippen LogP contribution in [0.1, 0.15) is 23.5 Å². The van der Waals surface area contributed by atoms with Crippen molar-refractivity contribution in [3.8, 4) is 11.3 Å². The van der Waals surface area contributed by atoms with Crippen molar-refractivity contribution >= 4 is 11.4 Å². The molecule has 1 saturated carbocycles. The van der Waals surface area contributed by atoms with Crippen LogP contribution in [-0.4, -0.2) is 21.3 Å². The summed E-state index contributed by atoms with van der Waals surface area (Å²) in [5, 5.41) is 2.95. The van der Waals surface area contributed by atoms with Gasteiger partial charge in [0.2, 0.25) is 5.82 Å². The zero-order valence-electron chi connectivity index (χ0n) is 11.8. The molecule has 0 saturated heterocycles. The lowest BCUT2D eigenvalue weighted by molar-refractivity contribution is 0.0940. The Kier molecular flexibility index (Phi) is 2.92. The number of halogens is 1. The minimum atomic E-state index is -0.293. The lowest BCUT2D eigenvalue weighted by atomic mass is 10.1. The summed E-state index contributed by atoms with van der Waals surface area (Å²) in [6, 6.07) is 12.1. The van der Waals surface area contributed by atoms with Crippen LogP contribution in [0, 0.1) is 5.82 Å². The second-order valence-electron chi connectivity index (χ2n) is 5.49. The van der Waals surface area contributed by atoms with Gasteiger partial charge in [-0.2, -0.15) is 0 Å². The van der Waals surface area contributed by atoms with Crippen molar-refractivity contribution in [1.82, 2.24) is 14.7 Å². The molecular formula is C17H14FN3O. The molecule has 1 amide bonds. The Hall–Kier alpha value is -2.69. The molecule has 2 heterocycles. The van der Waals surface area contributed by atoms with E-state index in [1.165, 1.54) is 12.1 Å². The average Bonchev–Trinajstić information content (AvgIpc) is 3.26. The molecule has 2 aromatic heterocycles. The molecule has 1 aliphatic carbocycles. The van der Waals surface area contributed by atoms with E-state index in [-0.39, 0.29) is 17.8 Å². The first-order valence-electron chi connectivity index (χ1n) is 7.26. The second-order valence-corrected chi connectivity index (χ2v) is 5.49. The lowest BCUT2D eigenvalue weighted by Crippen LogP contribution is -2.27. The number of benzene rings is 1. The van der Waals surface area contributed by atoms with E-state index in [9.17, 15) is 9.18 Å². The number of aromatic nitrogens is 2. The first-order chi connectivity index (χ1) is 10.7. The lowest BCUT2D eigenvalue weighted by Gasteiger charge is -2.01. The van der Waals surface area contributed by atoms with Crippen LogP contribution in [0.25, 0.3) is 16.8 Å². The Morgan fingerprint density at radius 3 is 2.68 bits per heavy atom. The van der Waals surface area contributed by atoms with Crippen LogP contribution < -0.4 is 5.32 Å². The van der Waals surface area contributed by atoms with Gasteiger partial charge in [0.25, 0.3) is 5.91 Å². The summed E-state index contributed by atoms with van der Waals surface area (Å²) >= 11 is 0. The Morgan fingerprint density at radius 1 is 1.18 bits per heavy atom. The average molecular weight is 295 g/mol. The van der Waals surface area contributed by atoms with Crippen molar-refractivity contribution in [3.63, 3.8) is 0 Å². The van der Waals surface area contributed by atoms with Gasteiger partial charge in [0.1, 0.15) is 5.82 Å². The molecule has 0 unspecified atom stereocenters. The number of amides is 1. The standard InChI is InChI=1S/C17H14FN3O/c18-12-6-4-11(5-7-12)15-14-3-1-2-10-21(14)16(20-15)17(22)19-13-8-9-13/h1-7,10,13H,8-9H2,(H,19,22). The monoisotopic (exact) mass is 295 g/mol. The van der Waals surface area contributed by atoms with Crippen molar-refractivity contribution in [2.45, 2.75) is 18.9 Å². The number of rotatable bonds is 3. The van der Waals surface area contributed by atoms with Gasteiger partial charge in [-0.05, 0) is 49.2 Å². The van der Waals surface area contributed by atoms with Crippen molar-refractivity contribution < 1.29 is 9.18 Å². The fraction of sp³-hybridized carbons (Fsp3) is 0.176. The van der Waals surface area contributed by atoms with Gasteiger partial charge in [-0.15, -0.1) is 0 Å². The predicted octanol–water partition coefficient (Wildman–Crippen LogP) is 3.03. The minimum Gasteiger partial charge on any atom is -0.347 e. The third-order valence-electron chi connectivity index (χ3n) is 3.78. The van der Waals surface area contributed by atoms with Crippen LogP contribution >= 0.6 is 0 Å². The first-order valence-corrected chi connectivity index (χ1v) is 7.26. The van der Waals surface area contributed by atoms with E-state index in [1.807, 2.05) is 24.4 Å². The molecule has 1 N–H and O–H groups in total. The number of nitrogens with one attached hydrogen (secondary N) is 1. The van der Waals surface area contributed by atoms with Crippen LogP contribution in [-0.2, 0) is 0 Å². The molecule has 4 rings (SSSR count). The van der Waals surface area contributed by atoms with Crippen LogP contribution in [0.2, 0.25) is 0 Å². The van der Waals surface area contributed by atoms with E-state index in [0.29, 0.717) is 11.5 Å². The van der Waals surface area contributed by atoms with Gasteiger partial charge in [0.15, 0.2) is 0 Å². The summed E-state index contributed by atoms with van der Waals surface area (Å²) < 4.78 is 14.9. The summed E-state index contributed by atoms with van der Waals surface area (Å²) in [5.41, 5.74) is 2.30. The largest absolute Gasteiger partial charge is 0.347 e. The molecule has 0 atom stereocenters. The third kappa shape index (κ3) is 2.24. The molecule has 3 aromatic rings. The van der Waals surface area contributed by atoms with Crippen LogP contribution in [0.15, 0.2) is 48.7 Å².